The predicted octanol–water partition coefficient (Wildman–Crippen LogP) is 3.79. The Hall–Kier alpha value is -3.46. The van der Waals surface area contributed by atoms with Crippen LogP contribution in [0.2, 0.25) is 0 Å². The van der Waals surface area contributed by atoms with Crippen LogP contribution in [0.4, 0.5) is 0 Å². The number of carbonyl (C=O) groups is 2. The van der Waals surface area contributed by atoms with Crippen molar-refractivity contribution in [1.82, 2.24) is 19.4 Å². The smallest absolute Gasteiger partial charge is 0.337 e. The minimum atomic E-state index is -0.600. The van der Waals surface area contributed by atoms with Crippen LogP contribution in [0.3, 0.4) is 0 Å². The first-order valence-electron chi connectivity index (χ1n) is 12.8. The van der Waals surface area contributed by atoms with Gasteiger partial charge in [-0.1, -0.05) is 30.7 Å². The van der Waals surface area contributed by atoms with Gasteiger partial charge in [-0.2, -0.15) is 0 Å². The van der Waals surface area contributed by atoms with Crippen LogP contribution < -0.4 is 16.6 Å². The van der Waals surface area contributed by atoms with E-state index >= 15 is 0 Å². The van der Waals surface area contributed by atoms with Gasteiger partial charge in [-0.05, 0) is 68.7 Å². The molecule has 1 aliphatic carbocycles. The number of carbonyl (C=O) groups excluding carboxylic acids is 2. The van der Waals surface area contributed by atoms with Gasteiger partial charge in [0.05, 0.1) is 16.0 Å². The second-order valence-electron chi connectivity index (χ2n) is 9.67. The topological polar surface area (TPSA) is 93.4 Å². The number of nitrogens with one attached hydrogen (secondary N) is 1. The Morgan fingerprint density at radius 1 is 1.11 bits per heavy atom. The monoisotopic (exact) mass is 522 g/mol. The van der Waals surface area contributed by atoms with Crippen LogP contribution >= 0.6 is 11.3 Å². The average molecular weight is 523 g/mol. The summed E-state index contributed by atoms with van der Waals surface area (Å²) in [5, 5.41) is 3.21. The molecule has 0 radical (unpaired) electrons. The fourth-order valence-electron chi connectivity index (χ4n) is 4.70. The Kier molecular flexibility index (Phi) is 8.12. The van der Waals surface area contributed by atoms with Crippen LogP contribution in [-0.4, -0.2) is 46.5 Å². The van der Waals surface area contributed by atoms with E-state index in [1.165, 1.54) is 27.9 Å². The van der Waals surface area contributed by atoms with Crippen molar-refractivity contribution in [2.45, 2.75) is 58.9 Å². The van der Waals surface area contributed by atoms with E-state index in [0.29, 0.717) is 27.5 Å². The molecule has 2 heterocycles. The summed E-state index contributed by atoms with van der Waals surface area (Å²) in [5.74, 6) is -0.556. The highest BCUT2D eigenvalue weighted by Crippen LogP contribution is 2.29. The number of allylic oxidation sites excluding steroid dienone is 1. The third-order valence-electron chi connectivity index (χ3n) is 6.87. The van der Waals surface area contributed by atoms with Gasteiger partial charge in [-0.25, -0.2) is 9.36 Å². The lowest BCUT2D eigenvalue weighted by molar-refractivity contribution is -0.121. The number of aromatic nitrogens is 2. The van der Waals surface area contributed by atoms with Gasteiger partial charge >= 0.3 is 5.69 Å². The lowest BCUT2D eigenvalue weighted by atomic mass is 9.97. The van der Waals surface area contributed by atoms with Gasteiger partial charge in [0.2, 0.25) is 5.91 Å². The first-order valence-corrected chi connectivity index (χ1v) is 13.6. The van der Waals surface area contributed by atoms with Gasteiger partial charge in [0.15, 0.2) is 0 Å². The third-order valence-corrected chi connectivity index (χ3v) is 8.17. The molecule has 2 aromatic heterocycles. The highest BCUT2D eigenvalue weighted by molar-refractivity contribution is 7.20. The second-order valence-corrected chi connectivity index (χ2v) is 10.7. The van der Waals surface area contributed by atoms with E-state index in [-0.39, 0.29) is 23.7 Å². The number of rotatable bonds is 8. The van der Waals surface area contributed by atoms with Gasteiger partial charge in [0.1, 0.15) is 11.4 Å². The fraction of sp³-hybridized carbons (Fsp3) is 0.429. The zero-order valence-electron chi connectivity index (χ0n) is 21.9. The average Bonchev–Trinajstić information content (AvgIpc) is 3.24. The normalized spacial score (nSPS) is 13.5. The maximum Gasteiger partial charge on any atom is 0.337 e. The molecular weight excluding hydrogens is 488 g/mol. The first kappa shape index (κ1) is 26.6. The van der Waals surface area contributed by atoms with Gasteiger partial charge in [-0.3, -0.25) is 19.0 Å². The predicted molar refractivity (Wildman–Crippen MR) is 148 cm³/mol. The van der Waals surface area contributed by atoms with E-state index in [1.54, 1.807) is 33.2 Å². The molecule has 4 rings (SSSR count). The number of nitrogens with zero attached hydrogens (tertiary/aromatic N) is 3. The zero-order chi connectivity index (χ0) is 26.7. The highest BCUT2D eigenvalue weighted by atomic mass is 32.1. The van der Waals surface area contributed by atoms with Crippen molar-refractivity contribution in [1.29, 1.82) is 0 Å². The van der Waals surface area contributed by atoms with E-state index in [9.17, 15) is 19.2 Å². The fourth-order valence-corrected chi connectivity index (χ4v) is 6.01. The largest absolute Gasteiger partial charge is 0.354 e. The summed E-state index contributed by atoms with van der Waals surface area (Å²) in [6.07, 6.45) is 8.41. The maximum atomic E-state index is 13.7. The van der Waals surface area contributed by atoms with E-state index in [1.807, 2.05) is 19.1 Å². The molecule has 0 fully saturated rings. The molecule has 0 saturated carbocycles. The summed E-state index contributed by atoms with van der Waals surface area (Å²) in [6, 6.07) is 7.24. The Morgan fingerprint density at radius 2 is 1.84 bits per heavy atom. The van der Waals surface area contributed by atoms with Crippen LogP contribution in [0.15, 0.2) is 45.5 Å². The summed E-state index contributed by atoms with van der Waals surface area (Å²) in [5.41, 5.74) is 2.29. The quantitative estimate of drug-likeness (QED) is 0.456. The zero-order valence-corrected chi connectivity index (χ0v) is 22.7. The summed E-state index contributed by atoms with van der Waals surface area (Å²) < 4.78 is 2.43. The van der Waals surface area contributed by atoms with E-state index in [4.69, 9.17) is 0 Å². The minimum Gasteiger partial charge on any atom is -0.354 e. The summed E-state index contributed by atoms with van der Waals surface area (Å²) in [6.45, 7) is 4.00. The highest BCUT2D eigenvalue weighted by Gasteiger charge is 2.25. The molecule has 1 N–H and O–H groups in total. The molecule has 0 unspecified atom stereocenters. The van der Waals surface area contributed by atoms with Gasteiger partial charge in [-0.15, -0.1) is 11.3 Å². The Labute approximate surface area is 220 Å². The van der Waals surface area contributed by atoms with Crippen molar-refractivity contribution in [3.05, 3.63) is 72.8 Å². The molecule has 196 valence electrons. The van der Waals surface area contributed by atoms with Crippen molar-refractivity contribution in [3.8, 4) is 5.69 Å². The van der Waals surface area contributed by atoms with Crippen LogP contribution in [0.1, 0.15) is 59.8 Å². The first-order chi connectivity index (χ1) is 17.7. The molecule has 1 aromatic carbocycles. The SMILES string of the molecule is CCc1ccc(-n2c(=O)c3c(C)c(C(=O)N(C)C)sc3n(CC(=O)NCCC3=CCCCC3)c2=O)cc1. The number of benzene rings is 1. The van der Waals surface area contributed by atoms with Crippen LogP contribution in [0.5, 0.6) is 0 Å². The Bertz CT molecular complexity index is 1480. The molecular formula is C28H34N4O4S. The third kappa shape index (κ3) is 5.46. The molecule has 0 atom stereocenters. The Balaban J connectivity index is 1.77. The number of fused-ring (bicyclic) bond motifs is 1. The standard InChI is InChI=1S/C28H34N4O4S/c1-5-19-11-13-21(14-12-19)32-25(34)23-18(2)24(26(35)30(3)4)37-27(23)31(28(32)36)17-22(33)29-16-15-20-9-7-6-8-10-20/h9,11-14H,5-8,10,15-17H2,1-4H3,(H,29,33). The van der Waals surface area contributed by atoms with Crippen LogP contribution in [0.25, 0.3) is 15.9 Å². The molecule has 0 aliphatic heterocycles. The van der Waals surface area contributed by atoms with E-state index in [0.717, 1.165) is 47.2 Å². The molecule has 1 aliphatic rings. The molecule has 8 nitrogen and oxygen atoms in total. The van der Waals surface area contributed by atoms with Crippen molar-refractivity contribution in [3.63, 3.8) is 0 Å². The second kappa shape index (κ2) is 11.3. The van der Waals surface area contributed by atoms with Crippen LogP contribution in [-0.2, 0) is 17.8 Å². The Morgan fingerprint density at radius 3 is 2.46 bits per heavy atom. The van der Waals surface area contributed by atoms with Crippen molar-refractivity contribution in [2.24, 2.45) is 0 Å². The van der Waals surface area contributed by atoms with Crippen molar-refractivity contribution < 1.29 is 9.59 Å². The summed E-state index contributed by atoms with van der Waals surface area (Å²) >= 11 is 1.08. The lowest BCUT2D eigenvalue weighted by Crippen LogP contribution is -2.41. The number of amides is 2. The molecule has 0 bridgehead atoms. The number of hydrogen-bond donors (Lipinski definition) is 1. The van der Waals surface area contributed by atoms with Crippen molar-refractivity contribution in [2.75, 3.05) is 20.6 Å². The molecule has 0 saturated heterocycles. The number of thiophene rings is 1. The van der Waals surface area contributed by atoms with Gasteiger partial charge in [0, 0.05) is 20.6 Å². The number of aryl methyl sites for hydroxylation is 2. The molecule has 2 amide bonds. The van der Waals surface area contributed by atoms with E-state index in [2.05, 4.69) is 11.4 Å². The summed E-state index contributed by atoms with van der Waals surface area (Å²) in [7, 11) is 3.28. The van der Waals surface area contributed by atoms with Crippen molar-refractivity contribution >= 4 is 33.4 Å². The minimum absolute atomic E-state index is 0.239. The van der Waals surface area contributed by atoms with Gasteiger partial charge < -0.3 is 10.2 Å². The van der Waals surface area contributed by atoms with Crippen LogP contribution in [0, 0.1) is 6.92 Å². The number of hydrogen-bond acceptors (Lipinski definition) is 5. The summed E-state index contributed by atoms with van der Waals surface area (Å²) in [4.78, 5) is 55.3. The van der Waals surface area contributed by atoms with E-state index < -0.39 is 11.2 Å². The molecule has 3 aromatic rings. The molecule has 9 heteroatoms. The van der Waals surface area contributed by atoms with Gasteiger partial charge in [0.25, 0.3) is 11.5 Å². The lowest BCUT2D eigenvalue weighted by Gasteiger charge is -2.14. The molecule has 0 spiro atoms. The maximum absolute atomic E-state index is 13.7. The molecule has 37 heavy (non-hydrogen) atoms.